The summed E-state index contributed by atoms with van der Waals surface area (Å²) in [4.78, 5) is 24.6. The summed E-state index contributed by atoms with van der Waals surface area (Å²) in [6, 6.07) is 3.36. The topological polar surface area (TPSA) is 85.1 Å². The Morgan fingerprint density at radius 3 is 2.70 bits per heavy atom. The van der Waals surface area contributed by atoms with Crippen molar-refractivity contribution >= 4 is 23.2 Å². The first-order valence-corrected chi connectivity index (χ1v) is 9.91. The minimum absolute atomic E-state index is 0.00630. The lowest BCUT2D eigenvalue weighted by molar-refractivity contribution is -0.137. The van der Waals surface area contributed by atoms with Crippen molar-refractivity contribution in [3.05, 3.63) is 69.8 Å². The van der Waals surface area contributed by atoms with Gasteiger partial charge in [-0.05, 0) is 31.2 Å². The van der Waals surface area contributed by atoms with Crippen molar-refractivity contribution in [3.63, 3.8) is 0 Å². The highest BCUT2D eigenvalue weighted by molar-refractivity contribution is 6.37. The molecule has 0 unspecified atom stereocenters. The zero-order valence-corrected chi connectivity index (χ0v) is 17.5. The van der Waals surface area contributed by atoms with Gasteiger partial charge in [-0.15, -0.1) is 5.10 Å². The fourth-order valence-electron chi connectivity index (χ4n) is 3.35. The number of carbonyl (C=O) groups is 1. The highest BCUT2D eigenvalue weighted by Gasteiger charge is 2.38. The number of benzene rings is 1. The van der Waals surface area contributed by atoms with Crippen molar-refractivity contribution < 1.29 is 26.7 Å². The third kappa shape index (κ3) is 4.06. The molecule has 1 aliphatic heterocycles. The minimum atomic E-state index is -4.81. The summed E-state index contributed by atoms with van der Waals surface area (Å²) in [6.07, 6.45) is -3.54. The van der Waals surface area contributed by atoms with Gasteiger partial charge in [0.25, 0.3) is 5.91 Å². The lowest BCUT2D eigenvalue weighted by Gasteiger charge is -2.17. The highest BCUT2D eigenvalue weighted by Crippen LogP contribution is 2.41. The molecular formula is C20H14ClF5N6O. The van der Waals surface area contributed by atoms with E-state index in [1.165, 1.54) is 19.2 Å². The van der Waals surface area contributed by atoms with Gasteiger partial charge in [-0.25, -0.2) is 18.4 Å². The number of nitrogens with zero attached hydrogens (tertiary/aromatic N) is 5. The molecule has 1 atom stereocenters. The number of carbonyl (C=O) groups excluding carboxylic acids is 1. The van der Waals surface area contributed by atoms with Gasteiger partial charge in [-0.1, -0.05) is 11.6 Å². The number of pyridine rings is 1. The van der Waals surface area contributed by atoms with Gasteiger partial charge in [-0.2, -0.15) is 13.2 Å². The summed E-state index contributed by atoms with van der Waals surface area (Å²) in [6.45, 7) is 0.462. The molecule has 0 fully saturated rings. The molecule has 13 heteroatoms. The lowest BCUT2D eigenvalue weighted by atomic mass is 10.0. The Morgan fingerprint density at radius 1 is 1.27 bits per heavy atom. The van der Waals surface area contributed by atoms with Crippen molar-refractivity contribution in [1.29, 1.82) is 0 Å². The normalized spacial score (nSPS) is 15.4. The van der Waals surface area contributed by atoms with Crippen LogP contribution in [0.25, 0.3) is 5.69 Å². The van der Waals surface area contributed by atoms with Gasteiger partial charge >= 0.3 is 6.18 Å². The number of aliphatic imine (C=N–C) groups is 1. The van der Waals surface area contributed by atoms with E-state index in [2.05, 4.69) is 25.4 Å². The van der Waals surface area contributed by atoms with E-state index in [0.29, 0.717) is 0 Å². The molecule has 1 aliphatic rings. The van der Waals surface area contributed by atoms with Crippen molar-refractivity contribution in [2.75, 3.05) is 13.2 Å². The van der Waals surface area contributed by atoms with Crippen molar-refractivity contribution in [1.82, 2.24) is 25.1 Å². The second kappa shape index (κ2) is 8.50. The molecule has 7 nitrogen and oxygen atoms in total. The van der Waals surface area contributed by atoms with Crippen LogP contribution in [0.5, 0.6) is 0 Å². The quantitative estimate of drug-likeness (QED) is 0.565. The predicted octanol–water partition coefficient (Wildman–Crippen LogP) is 4.08. The van der Waals surface area contributed by atoms with E-state index in [1.807, 2.05) is 0 Å². The van der Waals surface area contributed by atoms with E-state index in [1.54, 1.807) is 0 Å². The van der Waals surface area contributed by atoms with Crippen LogP contribution in [0.1, 0.15) is 46.2 Å². The molecule has 33 heavy (non-hydrogen) atoms. The second-order valence-corrected chi connectivity index (χ2v) is 7.33. The zero-order chi connectivity index (χ0) is 23.9. The van der Waals surface area contributed by atoms with Crippen LogP contribution in [-0.2, 0) is 6.18 Å². The average molecular weight is 485 g/mol. The maximum absolute atomic E-state index is 14.6. The SMILES string of the molecule is C[C@@H]1N=C(c2ncccc2F)c2c(ccc(C(F)(F)F)c2Cl)-n2nc(C(=O)NCCF)nc21. The number of halogens is 6. The van der Waals surface area contributed by atoms with Gasteiger partial charge in [0.2, 0.25) is 5.82 Å². The smallest absolute Gasteiger partial charge is 0.347 e. The molecule has 0 saturated heterocycles. The van der Waals surface area contributed by atoms with E-state index in [0.717, 1.165) is 22.9 Å². The number of hydrogen-bond donors (Lipinski definition) is 1. The summed E-state index contributed by atoms with van der Waals surface area (Å²) in [5, 5.41) is 5.62. The molecule has 3 heterocycles. The second-order valence-electron chi connectivity index (χ2n) is 6.96. The first kappa shape index (κ1) is 22.8. The number of fused-ring (bicyclic) bond motifs is 3. The molecule has 1 N–H and O–H groups in total. The molecule has 0 spiro atoms. The number of nitrogens with one attached hydrogen (secondary N) is 1. The molecular weight excluding hydrogens is 471 g/mol. The zero-order valence-electron chi connectivity index (χ0n) is 16.8. The van der Waals surface area contributed by atoms with E-state index < -0.39 is 41.2 Å². The van der Waals surface area contributed by atoms with Crippen LogP contribution in [0, 0.1) is 5.82 Å². The first-order chi connectivity index (χ1) is 15.6. The Hall–Kier alpha value is -3.41. The van der Waals surface area contributed by atoms with Gasteiger partial charge < -0.3 is 5.32 Å². The van der Waals surface area contributed by atoms with Crippen LogP contribution >= 0.6 is 11.6 Å². The molecule has 0 radical (unpaired) electrons. The standard InChI is InChI=1S/C20H14ClF5N6O/c1-9-18-30-17(19(33)28-8-6-22)31-32(18)12-5-4-10(20(24,25)26)14(21)13(12)16(29-9)15-11(23)3-2-7-27-15/h2-5,7,9H,6,8H2,1H3,(H,28,33)/t9-/m0/s1. The van der Waals surface area contributed by atoms with Crippen LogP contribution in [-0.4, -0.2) is 44.6 Å². The summed E-state index contributed by atoms with van der Waals surface area (Å²) in [7, 11) is 0. The Balaban J connectivity index is 2.00. The van der Waals surface area contributed by atoms with E-state index >= 15 is 0 Å². The summed E-state index contributed by atoms with van der Waals surface area (Å²) >= 11 is 6.20. The Bertz CT molecular complexity index is 1270. The number of rotatable bonds is 4. The minimum Gasteiger partial charge on any atom is -0.347 e. The third-order valence-electron chi connectivity index (χ3n) is 4.78. The van der Waals surface area contributed by atoms with Crippen LogP contribution < -0.4 is 5.32 Å². The van der Waals surface area contributed by atoms with Crippen LogP contribution in [0.15, 0.2) is 35.5 Å². The van der Waals surface area contributed by atoms with Gasteiger partial charge in [0.1, 0.15) is 18.4 Å². The summed E-state index contributed by atoms with van der Waals surface area (Å²) < 4.78 is 68.9. The molecule has 2 aromatic heterocycles. The van der Waals surface area contributed by atoms with Gasteiger partial charge in [-0.3, -0.25) is 14.8 Å². The largest absolute Gasteiger partial charge is 0.417 e. The van der Waals surface area contributed by atoms with Crippen molar-refractivity contribution in [3.8, 4) is 5.69 Å². The fraction of sp³-hybridized carbons (Fsp3) is 0.250. The number of hydrogen-bond acceptors (Lipinski definition) is 5. The average Bonchev–Trinajstić information content (AvgIpc) is 3.17. The fourth-order valence-corrected chi connectivity index (χ4v) is 3.71. The molecule has 0 saturated carbocycles. The van der Waals surface area contributed by atoms with E-state index in [-0.39, 0.29) is 40.9 Å². The number of amides is 1. The Labute approximate surface area is 188 Å². The highest BCUT2D eigenvalue weighted by atomic mass is 35.5. The number of alkyl halides is 4. The van der Waals surface area contributed by atoms with Gasteiger partial charge in [0.05, 0.1) is 22.0 Å². The molecule has 1 aromatic carbocycles. The van der Waals surface area contributed by atoms with E-state index in [4.69, 9.17) is 11.6 Å². The third-order valence-corrected chi connectivity index (χ3v) is 5.18. The van der Waals surface area contributed by atoms with Crippen LogP contribution in [0.3, 0.4) is 0 Å². The Kier molecular flexibility index (Phi) is 5.87. The lowest BCUT2D eigenvalue weighted by Crippen LogP contribution is -2.26. The van der Waals surface area contributed by atoms with Crippen molar-refractivity contribution in [2.45, 2.75) is 19.1 Å². The van der Waals surface area contributed by atoms with Gasteiger partial charge in [0, 0.05) is 18.3 Å². The molecule has 1 amide bonds. The molecule has 4 rings (SSSR count). The molecule has 3 aromatic rings. The maximum Gasteiger partial charge on any atom is 0.417 e. The molecule has 172 valence electrons. The number of aromatic nitrogens is 4. The maximum atomic E-state index is 14.6. The monoisotopic (exact) mass is 484 g/mol. The Morgan fingerprint density at radius 2 is 2.03 bits per heavy atom. The van der Waals surface area contributed by atoms with Crippen molar-refractivity contribution in [2.24, 2.45) is 4.99 Å². The van der Waals surface area contributed by atoms with Crippen LogP contribution in [0.4, 0.5) is 22.0 Å². The predicted molar refractivity (Wildman–Crippen MR) is 108 cm³/mol. The summed E-state index contributed by atoms with van der Waals surface area (Å²) in [5.74, 6) is -1.85. The molecule has 0 aliphatic carbocycles. The van der Waals surface area contributed by atoms with E-state index in [9.17, 15) is 26.7 Å². The molecule has 0 bridgehead atoms. The summed E-state index contributed by atoms with van der Waals surface area (Å²) in [5.41, 5.74) is -1.96. The van der Waals surface area contributed by atoms with Crippen LogP contribution in [0.2, 0.25) is 5.02 Å². The van der Waals surface area contributed by atoms with Gasteiger partial charge in [0.15, 0.2) is 11.6 Å². The first-order valence-electron chi connectivity index (χ1n) is 9.53.